The van der Waals surface area contributed by atoms with Gasteiger partial charge in [-0.2, -0.15) is 0 Å². The lowest BCUT2D eigenvalue weighted by atomic mass is 10.0. The van der Waals surface area contributed by atoms with Crippen molar-refractivity contribution < 1.29 is 9.50 Å². The molecule has 0 aliphatic carbocycles. The average molecular weight is 252 g/mol. The topological polar surface area (TPSA) is 35.5 Å². The molecule has 0 fully saturated rings. The fraction of sp³-hybridized carbons (Fsp3) is 0.429. The van der Waals surface area contributed by atoms with Crippen LogP contribution in [0.5, 0.6) is 0 Å². The fourth-order valence-corrected chi connectivity index (χ4v) is 1.96. The highest BCUT2D eigenvalue weighted by atomic mass is 19.1. The molecule has 0 heterocycles. The minimum absolute atomic E-state index is 0.0255. The van der Waals surface area contributed by atoms with Crippen LogP contribution < -0.4 is 10.2 Å². The van der Waals surface area contributed by atoms with Gasteiger partial charge in [-0.15, -0.1) is 6.58 Å². The van der Waals surface area contributed by atoms with Crippen LogP contribution in [0.1, 0.15) is 18.5 Å². The monoisotopic (exact) mass is 252 g/mol. The summed E-state index contributed by atoms with van der Waals surface area (Å²) < 4.78 is 14.0. The molecule has 18 heavy (non-hydrogen) atoms. The zero-order chi connectivity index (χ0) is 13.5. The lowest BCUT2D eigenvalue weighted by molar-refractivity contribution is 0.303. The Morgan fingerprint density at radius 3 is 2.83 bits per heavy atom. The van der Waals surface area contributed by atoms with E-state index in [-0.39, 0.29) is 18.5 Å². The Kier molecular flexibility index (Phi) is 5.82. The number of nitrogens with one attached hydrogen (secondary N) is 1. The van der Waals surface area contributed by atoms with Gasteiger partial charge in [-0.3, -0.25) is 0 Å². The quantitative estimate of drug-likeness (QED) is 0.729. The largest absolute Gasteiger partial charge is 0.395 e. The van der Waals surface area contributed by atoms with Crippen molar-refractivity contribution in [1.82, 2.24) is 5.32 Å². The smallest absolute Gasteiger partial charge is 0.130 e. The van der Waals surface area contributed by atoms with Gasteiger partial charge in [0.2, 0.25) is 0 Å². The van der Waals surface area contributed by atoms with Crippen molar-refractivity contribution in [1.29, 1.82) is 0 Å². The maximum absolute atomic E-state index is 14.0. The number of hydrogen-bond donors (Lipinski definition) is 2. The van der Waals surface area contributed by atoms with Gasteiger partial charge in [0, 0.05) is 30.4 Å². The Hall–Kier alpha value is -1.39. The van der Waals surface area contributed by atoms with Crippen molar-refractivity contribution in [3.63, 3.8) is 0 Å². The first kappa shape index (κ1) is 14.7. The highest BCUT2D eigenvalue weighted by Crippen LogP contribution is 2.28. The summed E-state index contributed by atoms with van der Waals surface area (Å²) in [5.74, 6) is -0.235. The predicted molar refractivity (Wildman–Crippen MR) is 73.4 cm³/mol. The van der Waals surface area contributed by atoms with E-state index >= 15 is 0 Å². The van der Waals surface area contributed by atoms with E-state index in [1.807, 2.05) is 17.9 Å². The van der Waals surface area contributed by atoms with Crippen LogP contribution in [-0.2, 0) is 0 Å². The number of halogens is 1. The van der Waals surface area contributed by atoms with Gasteiger partial charge in [-0.05, 0) is 26.1 Å². The molecule has 3 nitrogen and oxygen atoms in total. The summed E-state index contributed by atoms with van der Waals surface area (Å²) in [5.41, 5.74) is 1.42. The van der Waals surface area contributed by atoms with E-state index in [4.69, 9.17) is 5.11 Å². The number of aliphatic hydroxyl groups is 1. The van der Waals surface area contributed by atoms with Crippen molar-refractivity contribution in [2.24, 2.45) is 0 Å². The molecule has 0 spiro atoms. The Morgan fingerprint density at radius 2 is 2.28 bits per heavy atom. The highest BCUT2D eigenvalue weighted by Gasteiger charge is 2.17. The van der Waals surface area contributed by atoms with Gasteiger partial charge in [-0.25, -0.2) is 4.39 Å². The summed E-state index contributed by atoms with van der Waals surface area (Å²) in [4.78, 5) is 1.92. The van der Waals surface area contributed by atoms with Crippen LogP contribution >= 0.6 is 0 Å². The normalized spacial score (nSPS) is 12.2. The predicted octanol–water partition coefficient (Wildman–Crippen LogP) is 2.09. The second kappa shape index (κ2) is 7.13. The van der Waals surface area contributed by atoms with Gasteiger partial charge in [0.15, 0.2) is 0 Å². The van der Waals surface area contributed by atoms with E-state index < -0.39 is 0 Å². The Balaban J connectivity index is 3.19. The van der Waals surface area contributed by atoms with Crippen LogP contribution in [0.3, 0.4) is 0 Å². The second-order valence-electron chi connectivity index (χ2n) is 4.14. The molecule has 1 rings (SSSR count). The molecule has 1 unspecified atom stereocenters. The van der Waals surface area contributed by atoms with Gasteiger partial charge in [0.05, 0.1) is 6.61 Å². The van der Waals surface area contributed by atoms with Gasteiger partial charge in [0.25, 0.3) is 0 Å². The molecule has 0 bridgehead atoms. The zero-order valence-electron chi connectivity index (χ0n) is 11.0. The molecule has 100 valence electrons. The van der Waals surface area contributed by atoms with Crippen molar-refractivity contribution in [2.45, 2.75) is 13.0 Å². The molecule has 0 aliphatic rings. The second-order valence-corrected chi connectivity index (χ2v) is 4.14. The molecule has 1 atom stereocenters. The number of hydrogen-bond acceptors (Lipinski definition) is 3. The Bertz CT molecular complexity index is 395. The number of aliphatic hydroxyl groups excluding tert-OH is 1. The first-order chi connectivity index (χ1) is 8.65. The van der Waals surface area contributed by atoms with Crippen molar-refractivity contribution in [3.8, 4) is 0 Å². The van der Waals surface area contributed by atoms with Crippen molar-refractivity contribution >= 4 is 5.69 Å². The number of nitrogens with zero attached hydrogens (tertiary/aromatic N) is 1. The highest BCUT2D eigenvalue weighted by molar-refractivity contribution is 5.56. The van der Waals surface area contributed by atoms with Gasteiger partial charge >= 0.3 is 0 Å². The third-order valence-corrected chi connectivity index (χ3v) is 2.96. The average Bonchev–Trinajstić information content (AvgIpc) is 2.37. The summed E-state index contributed by atoms with van der Waals surface area (Å²) in [5, 5.41) is 12.1. The molecular weight excluding hydrogens is 231 g/mol. The molecule has 0 saturated heterocycles. The molecule has 1 aromatic carbocycles. The lowest BCUT2D eigenvalue weighted by Crippen LogP contribution is -2.29. The summed E-state index contributed by atoms with van der Waals surface area (Å²) >= 11 is 0. The van der Waals surface area contributed by atoms with Crippen LogP contribution in [0.25, 0.3) is 0 Å². The van der Waals surface area contributed by atoms with E-state index in [1.165, 1.54) is 6.07 Å². The standard InChI is InChI=1S/C14H21FN2O/c1-4-8-17(9-10-18)13-7-5-6-12(15)14(13)11(2)16-3/h4-7,11,16,18H,1,8-10H2,2-3H3. The summed E-state index contributed by atoms with van der Waals surface area (Å²) in [6.07, 6.45) is 1.74. The fourth-order valence-electron chi connectivity index (χ4n) is 1.96. The van der Waals surface area contributed by atoms with Gasteiger partial charge in [-0.1, -0.05) is 12.1 Å². The summed E-state index contributed by atoms with van der Waals surface area (Å²) in [6.45, 7) is 6.66. The number of rotatable bonds is 7. The first-order valence-corrected chi connectivity index (χ1v) is 6.08. The minimum Gasteiger partial charge on any atom is -0.395 e. The number of benzene rings is 1. The molecule has 0 saturated carbocycles. The molecule has 0 aromatic heterocycles. The maximum atomic E-state index is 14.0. The molecule has 2 N–H and O–H groups in total. The first-order valence-electron chi connectivity index (χ1n) is 6.08. The van der Waals surface area contributed by atoms with E-state index in [9.17, 15) is 4.39 Å². The van der Waals surface area contributed by atoms with Crippen LogP contribution in [0, 0.1) is 5.82 Å². The van der Waals surface area contributed by atoms with E-state index in [2.05, 4.69) is 11.9 Å². The van der Waals surface area contributed by atoms with Crippen LogP contribution in [0.2, 0.25) is 0 Å². The van der Waals surface area contributed by atoms with Crippen LogP contribution in [-0.4, -0.2) is 31.9 Å². The van der Waals surface area contributed by atoms with Gasteiger partial charge < -0.3 is 15.3 Å². The van der Waals surface area contributed by atoms with E-state index in [1.54, 1.807) is 19.2 Å². The number of anilines is 1. The third kappa shape index (κ3) is 3.31. The summed E-state index contributed by atoms with van der Waals surface area (Å²) in [6, 6.07) is 4.92. The van der Waals surface area contributed by atoms with Crippen LogP contribution in [0.4, 0.5) is 10.1 Å². The SMILES string of the molecule is C=CCN(CCO)c1cccc(F)c1C(C)NC. The minimum atomic E-state index is -0.235. The zero-order valence-corrected chi connectivity index (χ0v) is 11.0. The molecular formula is C14H21FN2O. The molecule has 1 aromatic rings. The summed E-state index contributed by atoms with van der Waals surface area (Å²) in [7, 11) is 1.80. The van der Waals surface area contributed by atoms with Crippen molar-refractivity contribution in [3.05, 3.63) is 42.2 Å². The Labute approximate surface area is 108 Å². The molecule has 0 radical (unpaired) electrons. The lowest BCUT2D eigenvalue weighted by Gasteiger charge is -2.27. The third-order valence-electron chi connectivity index (χ3n) is 2.96. The molecule has 0 amide bonds. The molecule has 4 heteroatoms. The van der Waals surface area contributed by atoms with Crippen molar-refractivity contribution in [2.75, 3.05) is 31.6 Å². The molecule has 0 aliphatic heterocycles. The Morgan fingerprint density at radius 1 is 1.56 bits per heavy atom. The van der Waals surface area contributed by atoms with E-state index in [0.717, 1.165) is 5.69 Å². The maximum Gasteiger partial charge on any atom is 0.130 e. The van der Waals surface area contributed by atoms with Gasteiger partial charge in [0.1, 0.15) is 5.82 Å². The van der Waals surface area contributed by atoms with E-state index in [0.29, 0.717) is 18.7 Å². The van der Waals surface area contributed by atoms with Crippen LogP contribution in [0.15, 0.2) is 30.9 Å².